The number of nitrogens with one attached hydrogen (secondary N) is 1. The summed E-state index contributed by atoms with van der Waals surface area (Å²) in [6.45, 7) is 3.44. The van der Waals surface area contributed by atoms with Gasteiger partial charge in [-0.15, -0.1) is 0 Å². The van der Waals surface area contributed by atoms with Crippen LogP contribution in [0.1, 0.15) is 48.2 Å². The molecule has 2 aliphatic heterocycles. The molecule has 0 radical (unpaired) electrons. The van der Waals surface area contributed by atoms with Crippen LogP contribution >= 0.6 is 0 Å². The fourth-order valence-electron chi connectivity index (χ4n) is 5.28. The highest BCUT2D eigenvalue weighted by Crippen LogP contribution is 2.39. The number of piperidine rings is 1. The molecule has 7 heteroatoms. The van der Waals surface area contributed by atoms with Crippen LogP contribution in [0.25, 0.3) is 10.8 Å². The normalized spacial score (nSPS) is 20.0. The van der Waals surface area contributed by atoms with Crippen LogP contribution in [0.4, 0.5) is 0 Å². The molecule has 0 bridgehead atoms. The molecular formula is C27H31N3O4. The maximum atomic E-state index is 13.2. The first-order chi connectivity index (χ1) is 16.6. The minimum absolute atomic E-state index is 0.135. The Balaban J connectivity index is 1.15. The number of likely N-dealkylation sites (tertiary alicyclic amines) is 1. The highest BCUT2D eigenvalue weighted by Gasteiger charge is 2.41. The van der Waals surface area contributed by atoms with Gasteiger partial charge in [0.1, 0.15) is 0 Å². The fourth-order valence-corrected chi connectivity index (χ4v) is 5.28. The van der Waals surface area contributed by atoms with E-state index in [4.69, 9.17) is 9.47 Å². The van der Waals surface area contributed by atoms with Crippen molar-refractivity contribution in [2.45, 2.75) is 44.3 Å². The quantitative estimate of drug-likeness (QED) is 0.562. The van der Waals surface area contributed by atoms with Crippen molar-refractivity contribution in [1.82, 2.24) is 15.1 Å². The van der Waals surface area contributed by atoms with Gasteiger partial charge >= 0.3 is 0 Å². The topological polar surface area (TPSA) is 84.5 Å². The molecule has 34 heavy (non-hydrogen) atoms. The van der Waals surface area contributed by atoms with E-state index in [-0.39, 0.29) is 17.1 Å². The summed E-state index contributed by atoms with van der Waals surface area (Å²) in [4.78, 5) is 27.1. The number of hydrogen-bond acceptors (Lipinski definition) is 5. The van der Waals surface area contributed by atoms with Crippen LogP contribution in [0.15, 0.2) is 59.4 Å². The van der Waals surface area contributed by atoms with Crippen LogP contribution in [0.5, 0.6) is 0 Å². The molecule has 178 valence electrons. The average molecular weight is 462 g/mol. The number of ether oxygens (including phenoxy) is 2. The van der Waals surface area contributed by atoms with E-state index in [1.54, 1.807) is 18.2 Å². The van der Waals surface area contributed by atoms with Crippen LogP contribution in [-0.2, 0) is 16.1 Å². The molecule has 5 rings (SSSR count). The zero-order valence-electron chi connectivity index (χ0n) is 19.4. The summed E-state index contributed by atoms with van der Waals surface area (Å²) in [6, 6.07) is 17.4. The van der Waals surface area contributed by atoms with Crippen molar-refractivity contribution in [3.63, 3.8) is 0 Å². The maximum Gasteiger partial charge on any atom is 0.274 e. The minimum Gasteiger partial charge on any atom is -0.377 e. The van der Waals surface area contributed by atoms with Crippen LogP contribution in [0.2, 0.25) is 0 Å². The molecule has 1 aromatic heterocycles. The van der Waals surface area contributed by atoms with E-state index in [1.165, 1.54) is 5.56 Å². The third-order valence-corrected chi connectivity index (χ3v) is 7.24. The van der Waals surface area contributed by atoms with Gasteiger partial charge in [-0.25, -0.2) is 5.10 Å². The Morgan fingerprint density at radius 2 is 1.82 bits per heavy atom. The van der Waals surface area contributed by atoms with E-state index >= 15 is 0 Å². The molecule has 1 spiro atoms. The second kappa shape index (κ2) is 10.1. The number of aromatic amines is 1. The van der Waals surface area contributed by atoms with Gasteiger partial charge in [-0.3, -0.25) is 9.59 Å². The van der Waals surface area contributed by atoms with Crippen LogP contribution in [0, 0.1) is 5.92 Å². The Morgan fingerprint density at radius 1 is 1.09 bits per heavy atom. The van der Waals surface area contributed by atoms with Crippen molar-refractivity contribution < 1.29 is 14.3 Å². The first-order valence-corrected chi connectivity index (χ1v) is 12.2. The number of aromatic nitrogens is 2. The van der Waals surface area contributed by atoms with Crippen molar-refractivity contribution in [2.75, 3.05) is 26.3 Å². The highest BCUT2D eigenvalue weighted by molar-refractivity contribution is 6.04. The summed E-state index contributed by atoms with van der Waals surface area (Å²) >= 11 is 0. The number of carbonyl (C=O) groups excluding carboxylic acids is 1. The van der Waals surface area contributed by atoms with E-state index in [2.05, 4.69) is 22.3 Å². The summed E-state index contributed by atoms with van der Waals surface area (Å²) < 4.78 is 12.2. The minimum atomic E-state index is -0.279. The van der Waals surface area contributed by atoms with Gasteiger partial charge in [-0.05, 0) is 49.7 Å². The molecule has 2 fully saturated rings. The molecule has 2 aliphatic rings. The number of benzene rings is 2. The third kappa shape index (κ3) is 4.91. The van der Waals surface area contributed by atoms with Crippen LogP contribution < -0.4 is 5.56 Å². The van der Waals surface area contributed by atoms with E-state index < -0.39 is 0 Å². The van der Waals surface area contributed by atoms with E-state index in [9.17, 15) is 9.59 Å². The van der Waals surface area contributed by atoms with Crippen LogP contribution in [-0.4, -0.2) is 52.9 Å². The summed E-state index contributed by atoms with van der Waals surface area (Å²) in [6.07, 6.45) is 4.76. The lowest BCUT2D eigenvalue weighted by Gasteiger charge is -2.46. The zero-order valence-corrected chi connectivity index (χ0v) is 19.4. The molecule has 2 aromatic carbocycles. The molecule has 1 atom stereocenters. The van der Waals surface area contributed by atoms with Crippen LogP contribution in [0.3, 0.4) is 0 Å². The van der Waals surface area contributed by atoms with Gasteiger partial charge in [0, 0.05) is 31.7 Å². The summed E-state index contributed by atoms with van der Waals surface area (Å²) in [5.41, 5.74) is 1.08. The number of rotatable bonds is 6. The molecule has 1 N–H and O–H groups in total. The molecule has 1 unspecified atom stereocenters. The monoisotopic (exact) mass is 461 g/mol. The van der Waals surface area contributed by atoms with Crippen molar-refractivity contribution in [3.8, 4) is 0 Å². The molecule has 3 aromatic rings. The molecule has 0 aliphatic carbocycles. The summed E-state index contributed by atoms with van der Waals surface area (Å²) in [5, 5.41) is 7.64. The lowest BCUT2D eigenvalue weighted by Crippen LogP contribution is -2.51. The van der Waals surface area contributed by atoms with Gasteiger partial charge in [-0.2, -0.15) is 5.10 Å². The second-order valence-electron chi connectivity index (χ2n) is 9.46. The second-order valence-corrected chi connectivity index (χ2v) is 9.46. The van der Waals surface area contributed by atoms with Crippen molar-refractivity contribution in [1.29, 1.82) is 0 Å². The number of carbonyl (C=O) groups is 1. The molecule has 1 amide bonds. The molecule has 0 saturated carbocycles. The number of H-pyrrole nitrogens is 1. The number of fused-ring (bicyclic) bond motifs is 1. The summed E-state index contributed by atoms with van der Waals surface area (Å²) in [7, 11) is 0. The van der Waals surface area contributed by atoms with Gasteiger partial charge < -0.3 is 14.4 Å². The first kappa shape index (κ1) is 22.7. The standard InChI is InChI=1S/C27H31N3O4/c31-25-23-9-5-4-8-22(23)24(28-29-25)26(32)30-14-12-27(13-15-30)18-20(11-17-34-27)10-16-33-19-21-6-2-1-3-7-21/h1-9,20H,10-19H2,(H,29,31). The molecular weight excluding hydrogens is 430 g/mol. The Kier molecular flexibility index (Phi) is 6.74. The first-order valence-electron chi connectivity index (χ1n) is 12.2. The van der Waals surface area contributed by atoms with Crippen molar-refractivity contribution in [3.05, 3.63) is 76.2 Å². The SMILES string of the molecule is O=C(c1n[nH]c(=O)c2ccccc12)N1CCC2(CC1)CC(CCOCc1ccccc1)CCO2. The largest absolute Gasteiger partial charge is 0.377 e. The summed E-state index contributed by atoms with van der Waals surface area (Å²) in [5.74, 6) is 0.445. The number of amides is 1. The van der Waals surface area contributed by atoms with E-state index in [0.717, 1.165) is 45.3 Å². The van der Waals surface area contributed by atoms with Crippen molar-refractivity contribution >= 4 is 16.7 Å². The van der Waals surface area contributed by atoms with E-state index in [0.29, 0.717) is 42.1 Å². The predicted octanol–water partition coefficient (Wildman–Crippen LogP) is 3.93. The Labute approximate surface area is 199 Å². The van der Waals surface area contributed by atoms with E-state index in [1.807, 2.05) is 29.2 Å². The van der Waals surface area contributed by atoms with Gasteiger partial charge in [0.05, 0.1) is 17.6 Å². The Hall–Kier alpha value is -3.03. The van der Waals surface area contributed by atoms with Gasteiger partial charge in [0.25, 0.3) is 11.5 Å². The Morgan fingerprint density at radius 3 is 2.62 bits per heavy atom. The Bertz CT molecular complexity index is 1190. The van der Waals surface area contributed by atoms with Crippen molar-refractivity contribution in [2.24, 2.45) is 5.92 Å². The third-order valence-electron chi connectivity index (χ3n) is 7.24. The average Bonchev–Trinajstić information content (AvgIpc) is 2.88. The van der Waals surface area contributed by atoms with Gasteiger partial charge in [0.2, 0.25) is 0 Å². The molecule has 3 heterocycles. The lowest BCUT2D eigenvalue weighted by molar-refractivity contribution is -0.126. The van der Waals surface area contributed by atoms with Gasteiger partial charge in [-0.1, -0.05) is 48.5 Å². The maximum absolute atomic E-state index is 13.2. The highest BCUT2D eigenvalue weighted by atomic mass is 16.5. The van der Waals surface area contributed by atoms with Gasteiger partial charge in [0.15, 0.2) is 5.69 Å². The zero-order chi connectivity index (χ0) is 23.4. The predicted molar refractivity (Wildman–Crippen MR) is 130 cm³/mol. The molecule has 7 nitrogen and oxygen atoms in total. The lowest BCUT2D eigenvalue weighted by atomic mass is 9.78. The smallest absolute Gasteiger partial charge is 0.274 e. The number of nitrogens with zero attached hydrogens (tertiary/aromatic N) is 2. The fraction of sp³-hybridized carbons (Fsp3) is 0.444. The molecule has 2 saturated heterocycles. The number of hydrogen-bond donors (Lipinski definition) is 1.